The molecule has 0 aromatic carbocycles. The fourth-order valence-corrected chi connectivity index (χ4v) is 4.07. The summed E-state index contributed by atoms with van der Waals surface area (Å²) in [5, 5.41) is 29.6. The molecule has 1 aromatic heterocycles. The van der Waals surface area contributed by atoms with E-state index in [1.807, 2.05) is 18.2 Å². The van der Waals surface area contributed by atoms with Crippen LogP contribution in [0, 0.1) is 45.3 Å². The highest BCUT2D eigenvalue weighted by Crippen LogP contribution is 2.54. The van der Waals surface area contributed by atoms with E-state index < -0.39 is 11.3 Å². The van der Waals surface area contributed by atoms with Crippen molar-refractivity contribution in [2.75, 3.05) is 13.1 Å². The number of allylic oxidation sites excluding steroid dienone is 2. The lowest BCUT2D eigenvalue weighted by molar-refractivity contribution is 0.174. The molecule has 2 heterocycles. The van der Waals surface area contributed by atoms with Gasteiger partial charge in [-0.25, -0.2) is 0 Å². The van der Waals surface area contributed by atoms with Gasteiger partial charge >= 0.3 is 0 Å². The Kier molecular flexibility index (Phi) is 4.51. The third-order valence-corrected chi connectivity index (χ3v) is 5.49. The molecule has 2 N–H and O–H groups in total. The summed E-state index contributed by atoms with van der Waals surface area (Å²) < 4.78 is 0. The monoisotopic (exact) mass is 344 g/mol. The smallest absolute Gasteiger partial charge is 0.191 e. The van der Waals surface area contributed by atoms with Gasteiger partial charge < -0.3 is 5.73 Å². The van der Waals surface area contributed by atoms with Crippen LogP contribution in [0.25, 0.3) is 0 Å². The van der Waals surface area contributed by atoms with Crippen LogP contribution in [0.15, 0.2) is 47.4 Å². The minimum Gasteiger partial charge on any atom is -0.399 e. The summed E-state index contributed by atoms with van der Waals surface area (Å²) in [5.74, 6) is -0.611. The summed E-state index contributed by atoms with van der Waals surface area (Å²) in [6.45, 7) is 5.61. The Morgan fingerprint density at radius 2 is 1.88 bits per heavy atom. The van der Waals surface area contributed by atoms with Crippen molar-refractivity contribution in [3.63, 3.8) is 0 Å². The van der Waals surface area contributed by atoms with Gasteiger partial charge in [0.25, 0.3) is 0 Å². The lowest BCUT2D eigenvalue weighted by Gasteiger charge is -2.46. The number of rotatable bonds is 2. The van der Waals surface area contributed by atoms with Crippen LogP contribution in [-0.4, -0.2) is 29.0 Å². The maximum atomic E-state index is 9.98. The summed E-state index contributed by atoms with van der Waals surface area (Å²) >= 11 is 0. The second-order valence-electron chi connectivity index (χ2n) is 7.00. The normalized spacial score (nSPS) is 24.8. The second kappa shape index (κ2) is 6.64. The van der Waals surface area contributed by atoms with Gasteiger partial charge in [-0.15, -0.1) is 0 Å². The molecule has 26 heavy (non-hydrogen) atoms. The van der Waals surface area contributed by atoms with Crippen molar-refractivity contribution >= 4 is 0 Å². The standard InChI is InChI=1S/C20H20N6/c1-13(2)26-8-5-15-16(9-21)19(24)20(11-22,12-23)18(17(15)10-26)14-3-6-25-7-4-14/h3-7,13,17-18H,8,10,24H2,1-2H3/t17-,18-/m0/s1. The van der Waals surface area contributed by atoms with Gasteiger partial charge in [0.2, 0.25) is 0 Å². The summed E-state index contributed by atoms with van der Waals surface area (Å²) in [7, 11) is 0. The van der Waals surface area contributed by atoms with Gasteiger partial charge in [-0.05, 0) is 37.1 Å². The van der Waals surface area contributed by atoms with E-state index in [1.54, 1.807) is 12.4 Å². The predicted molar refractivity (Wildman–Crippen MR) is 95.7 cm³/mol. The lowest BCUT2D eigenvalue weighted by Crippen LogP contribution is -2.49. The SMILES string of the molecule is CC(C)N1CC=C2C(C#N)=C(N)C(C#N)(C#N)[C@@H](c3ccncc3)[C@H]2C1. The van der Waals surface area contributed by atoms with Gasteiger partial charge in [0.05, 0.1) is 23.4 Å². The molecule has 3 rings (SSSR count). The van der Waals surface area contributed by atoms with Crippen molar-refractivity contribution in [3.05, 3.63) is 53.0 Å². The fourth-order valence-electron chi connectivity index (χ4n) is 4.07. The topological polar surface area (TPSA) is 114 Å². The fraction of sp³-hybridized carbons (Fsp3) is 0.400. The highest BCUT2D eigenvalue weighted by atomic mass is 15.2. The molecule has 6 heteroatoms. The number of hydrogen-bond donors (Lipinski definition) is 1. The van der Waals surface area contributed by atoms with Crippen molar-refractivity contribution in [1.29, 1.82) is 15.8 Å². The molecular weight excluding hydrogens is 324 g/mol. The average Bonchev–Trinajstić information content (AvgIpc) is 2.67. The molecule has 2 aliphatic rings. The van der Waals surface area contributed by atoms with Crippen molar-refractivity contribution < 1.29 is 0 Å². The zero-order chi connectivity index (χ0) is 18.9. The Bertz CT molecular complexity index is 877. The lowest BCUT2D eigenvalue weighted by atomic mass is 9.58. The van der Waals surface area contributed by atoms with E-state index in [1.165, 1.54) is 0 Å². The number of nitrogens with two attached hydrogens (primary N) is 1. The van der Waals surface area contributed by atoms with Crippen LogP contribution in [0.3, 0.4) is 0 Å². The van der Waals surface area contributed by atoms with Crippen LogP contribution in [-0.2, 0) is 0 Å². The number of nitrogens with zero attached hydrogens (tertiary/aromatic N) is 5. The van der Waals surface area contributed by atoms with Gasteiger partial charge in [-0.3, -0.25) is 9.88 Å². The molecule has 1 aliphatic heterocycles. The number of hydrogen-bond acceptors (Lipinski definition) is 6. The minimum absolute atomic E-state index is 0.0623. The largest absolute Gasteiger partial charge is 0.399 e. The molecule has 1 aliphatic carbocycles. The van der Waals surface area contributed by atoms with E-state index >= 15 is 0 Å². The van der Waals surface area contributed by atoms with Crippen molar-refractivity contribution in [2.45, 2.75) is 25.8 Å². The Balaban J connectivity index is 2.29. The van der Waals surface area contributed by atoms with Crippen molar-refractivity contribution in [1.82, 2.24) is 9.88 Å². The maximum absolute atomic E-state index is 9.98. The summed E-state index contributed by atoms with van der Waals surface area (Å²) in [6.07, 6.45) is 5.33. The highest BCUT2D eigenvalue weighted by Gasteiger charge is 2.54. The molecule has 6 nitrogen and oxygen atoms in total. The van der Waals surface area contributed by atoms with E-state index in [9.17, 15) is 15.8 Å². The maximum Gasteiger partial charge on any atom is 0.191 e. The molecule has 130 valence electrons. The Hall–Kier alpha value is -3.14. The highest BCUT2D eigenvalue weighted by molar-refractivity contribution is 5.59. The first-order chi connectivity index (χ1) is 12.5. The van der Waals surface area contributed by atoms with Crippen LogP contribution in [0.2, 0.25) is 0 Å². The van der Waals surface area contributed by atoms with E-state index in [0.717, 1.165) is 17.7 Å². The van der Waals surface area contributed by atoms with Crippen molar-refractivity contribution in [3.8, 4) is 18.2 Å². The second-order valence-corrected chi connectivity index (χ2v) is 7.00. The molecule has 0 bridgehead atoms. The van der Waals surface area contributed by atoms with Gasteiger partial charge in [0, 0.05) is 43.4 Å². The zero-order valence-corrected chi connectivity index (χ0v) is 14.8. The van der Waals surface area contributed by atoms with Crippen LogP contribution >= 0.6 is 0 Å². The number of nitriles is 3. The summed E-state index contributed by atoms with van der Waals surface area (Å²) in [4.78, 5) is 6.33. The molecule has 1 aromatic rings. The van der Waals surface area contributed by atoms with E-state index in [0.29, 0.717) is 12.6 Å². The van der Waals surface area contributed by atoms with Crippen LogP contribution in [0.4, 0.5) is 0 Å². The summed E-state index contributed by atoms with van der Waals surface area (Å²) in [6, 6.07) is 10.4. The Morgan fingerprint density at radius 3 is 2.42 bits per heavy atom. The zero-order valence-electron chi connectivity index (χ0n) is 14.8. The Labute approximate surface area is 153 Å². The third-order valence-electron chi connectivity index (χ3n) is 5.49. The number of fused-ring (bicyclic) bond motifs is 1. The number of aromatic nitrogens is 1. The van der Waals surface area contributed by atoms with E-state index in [2.05, 4.69) is 41.9 Å². The van der Waals surface area contributed by atoms with Gasteiger partial charge in [-0.2, -0.15) is 15.8 Å². The molecule has 0 saturated carbocycles. The van der Waals surface area contributed by atoms with Gasteiger partial charge in [0.15, 0.2) is 5.41 Å². The molecular formula is C20H20N6. The first kappa shape index (κ1) is 17.7. The average molecular weight is 344 g/mol. The van der Waals surface area contributed by atoms with Gasteiger partial charge in [0.1, 0.15) is 6.07 Å². The van der Waals surface area contributed by atoms with E-state index in [4.69, 9.17) is 5.73 Å². The van der Waals surface area contributed by atoms with Crippen LogP contribution < -0.4 is 5.73 Å². The van der Waals surface area contributed by atoms with Crippen LogP contribution in [0.1, 0.15) is 25.3 Å². The molecule has 0 unspecified atom stereocenters. The molecule has 0 amide bonds. The first-order valence-corrected chi connectivity index (χ1v) is 8.57. The molecule has 0 saturated heterocycles. The molecule has 0 radical (unpaired) electrons. The Morgan fingerprint density at radius 1 is 1.23 bits per heavy atom. The minimum atomic E-state index is -1.57. The number of pyridine rings is 1. The van der Waals surface area contributed by atoms with Gasteiger partial charge in [-0.1, -0.05) is 6.08 Å². The predicted octanol–water partition coefficient (Wildman–Crippen LogP) is 2.22. The quantitative estimate of drug-likeness (QED) is 0.880. The first-order valence-electron chi connectivity index (χ1n) is 8.57. The van der Waals surface area contributed by atoms with Crippen molar-refractivity contribution in [2.24, 2.45) is 17.1 Å². The summed E-state index contributed by atoms with van der Waals surface area (Å²) in [5.41, 5.74) is 6.72. The van der Waals surface area contributed by atoms with E-state index in [-0.39, 0.29) is 17.2 Å². The third kappa shape index (κ3) is 2.46. The molecule has 0 fully saturated rings. The van der Waals surface area contributed by atoms with Crippen LogP contribution in [0.5, 0.6) is 0 Å². The molecule has 0 spiro atoms. The molecule has 2 atom stereocenters.